The molecule has 0 saturated carbocycles. The van der Waals surface area contributed by atoms with Gasteiger partial charge in [0, 0.05) is 18.6 Å². The number of carbonyl (C=O) groups is 1. The van der Waals surface area contributed by atoms with Crippen molar-refractivity contribution in [3.63, 3.8) is 0 Å². The molecule has 0 aliphatic heterocycles. The molecule has 18 heavy (non-hydrogen) atoms. The van der Waals surface area contributed by atoms with Gasteiger partial charge in [-0.15, -0.1) is 0 Å². The molecule has 0 amide bonds. The van der Waals surface area contributed by atoms with Gasteiger partial charge < -0.3 is 5.11 Å². The summed E-state index contributed by atoms with van der Waals surface area (Å²) >= 11 is 0. The van der Waals surface area contributed by atoms with Crippen molar-refractivity contribution in [1.29, 1.82) is 0 Å². The Labute approximate surface area is 108 Å². The highest BCUT2D eigenvalue weighted by Crippen LogP contribution is 2.14. The summed E-state index contributed by atoms with van der Waals surface area (Å²) in [7, 11) is 0. The van der Waals surface area contributed by atoms with Crippen molar-refractivity contribution in [3.05, 3.63) is 39.9 Å². The van der Waals surface area contributed by atoms with Gasteiger partial charge in [-0.25, -0.2) is 0 Å². The molecule has 1 N–H and O–H groups in total. The minimum absolute atomic E-state index is 0.00658. The number of carboxylic acid groups (broad SMARTS) is 1. The SMILES string of the molecule is CC.CC.O=C(O)CCc1cccc([N+](=O)[O-])c1. The van der Waals surface area contributed by atoms with Crippen LogP contribution in [0.4, 0.5) is 5.69 Å². The van der Waals surface area contributed by atoms with Crippen LogP contribution in [-0.4, -0.2) is 16.0 Å². The van der Waals surface area contributed by atoms with Gasteiger partial charge in [-0.2, -0.15) is 0 Å². The third-order valence-electron chi connectivity index (χ3n) is 1.75. The normalized spacial score (nSPS) is 8.22. The van der Waals surface area contributed by atoms with Gasteiger partial charge in [0.25, 0.3) is 5.69 Å². The molecule has 0 radical (unpaired) electrons. The Balaban J connectivity index is 0. The summed E-state index contributed by atoms with van der Waals surface area (Å²) in [6.07, 6.45) is 0.304. The molecule has 5 nitrogen and oxygen atoms in total. The van der Waals surface area contributed by atoms with Crippen molar-refractivity contribution in [1.82, 2.24) is 0 Å². The Morgan fingerprint density at radius 1 is 1.28 bits per heavy atom. The zero-order valence-electron chi connectivity index (χ0n) is 11.3. The van der Waals surface area contributed by atoms with Crippen LogP contribution in [0, 0.1) is 10.1 Å². The first-order valence-electron chi connectivity index (χ1n) is 6.04. The number of carboxylic acids is 1. The van der Waals surface area contributed by atoms with Crippen LogP contribution in [0.5, 0.6) is 0 Å². The first kappa shape index (κ1) is 18.5. The molecule has 0 unspecified atom stereocenters. The maximum absolute atomic E-state index is 10.4. The lowest BCUT2D eigenvalue weighted by molar-refractivity contribution is -0.384. The summed E-state index contributed by atoms with van der Waals surface area (Å²) in [5.74, 6) is -0.906. The van der Waals surface area contributed by atoms with Crippen LogP contribution >= 0.6 is 0 Å². The maximum Gasteiger partial charge on any atom is 0.303 e. The number of hydrogen-bond donors (Lipinski definition) is 1. The van der Waals surface area contributed by atoms with Gasteiger partial charge in [-0.1, -0.05) is 39.8 Å². The van der Waals surface area contributed by atoms with Gasteiger partial charge in [0.15, 0.2) is 0 Å². The van der Waals surface area contributed by atoms with Crippen molar-refractivity contribution < 1.29 is 14.8 Å². The van der Waals surface area contributed by atoms with E-state index in [2.05, 4.69) is 0 Å². The molecule has 0 atom stereocenters. The van der Waals surface area contributed by atoms with Crippen molar-refractivity contribution in [2.45, 2.75) is 40.5 Å². The fourth-order valence-corrected chi connectivity index (χ4v) is 1.08. The zero-order chi connectivity index (χ0) is 14.6. The number of benzene rings is 1. The highest BCUT2D eigenvalue weighted by atomic mass is 16.6. The van der Waals surface area contributed by atoms with E-state index in [1.807, 2.05) is 27.7 Å². The minimum Gasteiger partial charge on any atom is -0.481 e. The maximum atomic E-state index is 10.4. The van der Waals surface area contributed by atoms with Crippen LogP contribution in [0.2, 0.25) is 0 Å². The standard InChI is InChI=1S/C9H9NO4.2C2H6/c11-9(12)5-4-7-2-1-3-8(6-7)10(13)14;2*1-2/h1-3,6H,4-5H2,(H,11,12);2*1-2H3. The molecular weight excluding hydrogens is 234 g/mol. The summed E-state index contributed by atoms with van der Waals surface area (Å²) in [5.41, 5.74) is 0.662. The second-order valence-corrected chi connectivity index (χ2v) is 2.82. The molecule has 0 heterocycles. The molecule has 1 aromatic carbocycles. The Bertz CT molecular complexity index is 364. The van der Waals surface area contributed by atoms with E-state index in [9.17, 15) is 14.9 Å². The van der Waals surface area contributed by atoms with Crippen LogP contribution in [0.15, 0.2) is 24.3 Å². The Hall–Kier alpha value is -1.91. The molecule has 0 aromatic heterocycles. The molecule has 0 fully saturated rings. The lowest BCUT2D eigenvalue weighted by Gasteiger charge is -1.97. The van der Waals surface area contributed by atoms with E-state index in [-0.39, 0.29) is 12.1 Å². The Kier molecular flexibility index (Phi) is 11.9. The smallest absolute Gasteiger partial charge is 0.303 e. The van der Waals surface area contributed by atoms with Gasteiger partial charge in [0.2, 0.25) is 0 Å². The minimum atomic E-state index is -0.906. The van der Waals surface area contributed by atoms with E-state index in [0.29, 0.717) is 12.0 Å². The van der Waals surface area contributed by atoms with E-state index in [0.717, 1.165) is 0 Å². The molecule has 1 aromatic rings. The molecule has 0 saturated heterocycles. The third kappa shape index (κ3) is 8.27. The quantitative estimate of drug-likeness (QED) is 0.657. The fraction of sp³-hybridized carbons (Fsp3) is 0.462. The lowest BCUT2D eigenvalue weighted by Crippen LogP contribution is -1.98. The monoisotopic (exact) mass is 255 g/mol. The summed E-state index contributed by atoms with van der Waals surface area (Å²) in [5, 5.41) is 18.8. The molecule has 102 valence electrons. The van der Waals surface area contributed by atoms with Gasteiger partial charge in [0.05, 0.1) is 4.92 Å². The number of aliphatic carboxylic acids is 1. The summed E-state index contributed by atoms with van der Waals surface area (Å²) in [6, 6.07) is 6.00. The molecule has 0 bridgehead atoms. The van der Waals surface area contributed by atoms with E-state index < -0.39 is 10.9 Å². The van der Waals surface area contributed by atoms with Crippen molar-refractivity contribution in [2.75, 3.05) is 0 Å². The number of aryl methyl sites for hydroxylation is 1. The molecule has 5 heteroatoms. The Morgan fingerprint density at radius 2 is 1.83 bits per heavy atom. The molecule has 0 spiro atoms. The first-order chi connectivity index (χ1) is 8.59. The highest BCUT2D eigenvalue weighted by Gasteiger charge is 2.06. The fourth-order valence-electron chi connectivity index (χ4n) is 1.08. The number of rotatable bonds is 4. The molecular formula is C13H21NO4. The molecule has 1 rings (SSSR count). The van der Waals surface area contributed by atoms with Crippen molar-refractivity contribution in [2.24, 2.45) is 0 Å². The van der Waals surface area contributed by atoms with Crippen LogP contribution < -0.4 is 0 Å². The van der Waals surface area contributed by atoms with Crippen molar-refractivity contribution in [3.8, 4) is 0 Å². The zero-order valence-corrected chi connectivity index (χ0v) is 11.3. The second kappa shape index (κ2) is 11.6. The number of nitrogens with zero attached hydrogens (tertiary/aromatic N) is 1. The van der Waals surface area contributed by atoms with E-state index >= 15 is 0 Å². The lowest BCUT2D eigenvalue weighted by atomic mass is 10.1. The van der Waals surface area contributed by atoms with Gasteiger partial charge in [-0.3, -0.25) is 14.9 Å². The highest BCUT2D eigenvalue weighted by molar-refractivity contribution is 5.67. The largest absolute Gasteiger partial charge is 0.481 e. The number of non-ortho nitro benzene ring substituents is 1. The van der Waals surface area contributed by atoms with E-state index in [4.69, 9.17) is 5.11 Å². The molecule has 0 aliphatic carbocycles. The molecule has 0 aliphatic rings. The number of nitro groups is 1. The number of hydrogen-bond acceptors (Lipinski definition) is 3. The summed E-state index contributed by atoms with van der Waals surface area (Å²) < 4.78 is 0. The van der Waals surface area contributed by atoms with Crippen LogP contribution in [0.25, 0.3) is 0 Å². The predicted octanol–water partition coefficient (Wildman–Crippen LogP) is 3.66. The number of nitro benzene ring substituents is 1. The summed E-state index contributed by atoms with van der Waals surface area (Å²) in [4.78, 5) is 20.1. The van der Waals surface area contributed by atoms with E-state index in [1.54, 1.807) is 12.1 Å². The Morgan fingerprint density at radius 3 is 2.28 bits per heavy atom. The summed E-state index contributed by atoms with van der Waals surface area (Å²) in [6.45, 7) is 8.00. The van der Waals surface area contributed by atoms with Crippen molar-refractivity contribution >= 4 is 11.7 Å². The van der Waals surface area contributed by atoms with E-state index in [1.165, 1.54) is 12.1 Å². The van der Waals surface area contributed by atoms with Gasteiger partial charge in [0.1, 0.15) is 0 Å². The average molecular weight is 255 g/mol. The predicted molar refractivity (Wildman–Crippen MR) is 71.7 cm³/mol. The topological polar surface area (TPSA) is 80.4 Å². The third-order valence-corrected chi connectivity index (χ3v) is 1.75. The van der Waals surface area contributed by atoms with Crippen LogP contribution in [0.1, 0.15) is 39.7 Å². The van der Waals surface area contributed by atoms with Gasteiger partial charge in [-0.05, 0) is 12.0 Å². The van der Waals surface area contributed by atoms with Crippen LogP contribution in [0.3, 0.4) is 0 Å². The van der Waals surface area contributed by atoms with Crippen LogP contribution in [-0.2, 0) is 11.2 Å². The van der Waals surface area contributed by atoms with Gasteiger partial charge >= 0.3 is 5.97 Å². The second-order valence-electron chi connectivity index (χ2n) is 2.82. The average Bonchev–Trinajstić information content (AvgIpc) is 2.41. The first-order valence-corrected chi connectivity index (χ1v) is 6.04.